The minimum atomic E-state index is -0.316. The summed E-state index contributed by atoms with van der Waals surface area (Å²) in [5.41, 5.74) is 3.54. The number of nitrogens with zero attached hydrogens (tertiary/aromatic N) is 1. The van der Waals surface area contributed by atoms with Gasteiger partial charge in [0, 0.05) is 5.69 Å². The number of rotatable bonds is 3. The van der Waals surface area contributed by atoms with E-state index < -0.39 is 0 Å². The van der Waals surface area contributed by atoms with Crippen LogP contribution in [-0.2, 0) is 9.59 Å². The van der Waals surface area contributed by atoms with Crippen LogP contribution in [0.15, 0.2) is 54.6 Å². The van der Waals surface area contributed by atoms with Gasteiger partial charge in [0.15, 0.2) is 0 Å². The Labute approximate surface area is 181 Å². The zero-order valence-corrected chi connectivity index (χ0v) is 17.5. The fourth-order valence-corrected chi connectivity index (χ4v) is 6.13. The van der Waals surface area contributed by atoms with E-state index in [4.69, 9.17) is 0 Å². The predicted octanol–water partition coefficient (Wildman–Crippen LogP) is 4.11. The van der Waals surface area contributed by atoms with Crippen molar-refractivity contribution in [2.24, 2.45) is 35.5 Å². The number of amides is 3. The Morgan fingerprint density at radius 3 is 2.23 bits per heavy atom. The van der Waals surface area contributed by atoms with E-state index in [1.807, 2.05) is 32.0 Å². The van der Waals surface area contributed by atoms with Gasteiger partial charge in [-0.15, -0.1) is 0 Å². The highest BCUT2D eigenvalue weighted by Gasteiger charge is 2.67. The minimum Gasteiger partial charge on any atom is -0.322 e. The Bertz CT molecular complexity index is 1150. The van der Waals surface area contributed by atoms with Crippen molar-refractivity contribution in [3.8, 4) is 0 Å². The van der Waals surface area contributed by atoms with Crippen LogP contribution in [0.5, 0.6) is 0 Å². The fraction of sp³-hybridized carbons (Fsp3) is 0.346. The Morgan fingerprint density at radius 2 is 1.55 bits per heavy atom. The smallest absolute Gasteiger partial charge is 0.257 e. The van der Waals surface area contributed by atoms with Crippen LogP contribution in [0.3, 0.4) is 0 Å². The molecule has 2 saturated carbocycles. The van der Waals surface area contributed by atoms with Crippen molar-refractivity contribution >= 4 is 29.1 Å². The van der Waals surface area contributed by atoms with Gasteiger partial charge in [0.1, 0.15) is 0 Å². The van der Waals surface area contributed by atoms with Crippen molar-refractivity contribution < 1.29 is 14.4 Å². The van der Waals surface area contributed by atoms with E-state index in [0.29, 0.717) is 23.1 Å². The van der Waals surface area contributed by atoms with E-state index in [9.17, 15) is 14.4 Å². The zero-order valence-electron chi connectivity index (χ0n) is 17.5. The molecule has 2 aromatic carbocycles. The number of carbonyl (C=O) groups excluding carboxylic acids is 3. The summed E-state index contributed by atoms with van der Waals surface area (Å²) < 4.78 is 0. The molecule has 156 valence electrons. The Hall–Kier alpha value is -3.21. The van der Waals surface area contributed by atoms with Crippen LogP contribution in [0, 0.1) is 49.4 Å². The van der Waals surface area contributed by atoms with Gasteiger partial charge in [-0.05, 0) is 73.3 Å². The Morgan fingerprint density at radius 1 is 0.903 bits per heavy atom. The largest absolute Gasteiger partial charge is 0.322 e. The second-order valence-electron chi connectivity index (χ2n) is 9.39. The molecule has 0 spiro atoms. The molecule has 0 unspecified atom stereocenters. The maximum atomic E-state index is 13.5. The number of allylic oxidation sites excluding steroid dienone is 2. The number of hydrogen-bond acceptors (Lipinski definition) is 3. The quantitative estimate of drug-likeness (QED) is 0.609. The van der Waals surface area contributed by atoms with E-state index in [0.717, 1.165) is 23.2 Å². The van der Waals surface area contributed by atoms with Gasteiger partial charge in [0.2, 0.25) is 11.8 Å². The van der Waals surface area contributed by atoms with Crippen molar-refractivity contribution in [2.75, 3.05) is 10.2 Å². The summed E-state index contributed by atoms with van der Waals surface area (Å²) in [6.45, 7) is 3.96. The van der Waals surface area contributed by atoms with Gasteiger partial charge in [-0.1, -0.05) is 36.4 Å². The summed E-state index contributed by atoms with van der Waals surface area (Å²) in [7, 11) is 0. The van der Waals surface area contributed by atoms with E-state index in [1.165, 1.54) is 4.90 Å². The lowest BCUT2D eigenvalue weighted by molar-refractivity contribution is -0.124. The first-order chi connectivity index (χ1) is 15.0. The van der Waals surface area contributed by atoms with Gasteiger partial charge < -0.3 is 5.32 Å². The maximum absolute atomic E-state index is 13.5. The average molecular weight is 412 g/mol. The standard InChI is InChI=1S/C26H24N2O3/c1-13-6-5-8-20(14(13)2)27-24(29)17-7-3-4-9-21(17)28-25(30)22-15-10-11-16(19-12-18(15)19)23(22)26(28)31/h3-11,15-16,18-19,22-23H,12H2,1-2H3,(H,27,29)/t15-,16-,18-,19+,22-,23+/m0/s1. The molecule has 1 saturated heterocycles. The molecular formula is C26H24N2O3. The molecule has 1 heterocycles. The van der Waals surface area contributed by atoms with Gasteiger partial charge in [-0.2, -0.15) is 0 Å². The van der Waals surface area contributed by atoms with Crippen LogP contribution < -0.4 is 10.2 Å². The number of anilines is 2. The highest BCUT2D eigenvalue weighted by Crippen LogP contribution is 2.65. The van der Waals surface area contributed by atoms with Crippen molar-refractivity contribution in [2.45, 2.75) is 20.3 Å². The summed E-state index contributed by atoms with van der Waals surface area (Å²) in [6, 6.07) is 12.7. The molecule has 5 aliphatic rings. The normalized spacial score (nSPS) is 32.1. The number of hydrogen-bond donors (Lipinski definition) is 1. The van der Waals surface area contributed by atoms with E-state index in [-0.39, 0.29) is 41.4 Å². The molecular weight excluding hydrogens is 388 g/mol. The minimum absolute atomic E-state index is 0.147. The second-order valence-corrected chi connectivity index (χ2v) is 9.39. The molecule has 5 heteroatoms. The monoisotopic (exact) mass is 412 g/mol. The molecule has 2 aromatic rings. The Kier molecular flexibility index (Phi) is 3.83. The number of imide groups is 1. The average Bonchev–Trinajstić information content (AvgIpc) is 3.55. The lowest BCUT2D eigenvalue weighted by atomic mass is 9.63. The van der Waals surface area contributed by atoms with E-state index in [2.05, 4.69) is 17.5 Å². The molecule has 1 aliphatic heterocycles. The van der Waals surface area contributed by atoms with E-state index >= 15 is 0 Å². The summed E-state index contributed by atoms with van der Waals surface area (Å²) in [5.74, 6) is 0.270. The van der Waals surface area contributed by atoms with E-state index in [1.54, 1.807) is 24.3 Å². The van der Waals surface area contributed by atoms with Crippen LogP contribution in [0.4, 0.5) is 11.4 Å². The first kappa shape index (κ1) is 18.6. The number of benzene rings is 2. The third-order valence-electron chi connectivity index (χ3n) is 7.91. The molecule has 7 rings (SSSR count). The fourth-order valence-electron chi connectivity index (χ4n) is 6.13. The molecule has 4 aliphatic carbocycles. The van der Waals surface area contributed by atoms with Gasteiger partial charge >= 0.3 is 0 Å². The SMILES string of the molecule is Cc1cccc(NC(=O)c2ccccc2N2C(=O)[C@@H]3[C@H]4C=C[C@@H]([C@@H]5C[C@H]45)[C@@H]3C2=O)c1C. The van der Waals surface area contributed by atoms with Crippen molar-refractivity contribution in [1.82, 2.24) is 0 Å². The number of para-hydroxylation sites is 1. The molecule has 31 heavy (non-hydrogen) atoms. The van der Waals surface area contributed by atoms with Gasteiger partial charge in [0.05, 0.1) is 23.1 Å². The lowest BCUT2D eigenvalue weighted by Gasteiger charge is -2.37. The predicted molar refractivity (Wildman–Crippen MR) is 118 cm³/mol. The van der Waals surface area contributed by atoms with Crippen LogP contribution in [0.1, 0.15) is 27.9 Å². The molecule has 5 nitrogen and oxygen atoms in total. The van der Waals surface area contributed by atoms with Crippen LogP contribution >= 0.6 is 0 Å². The molecule has 0 aromatic heterocycles. The molecule has 2 bridgehead atoms. The number of carbonyl (C=O) groups is 3. The summed E-state index contributed by atoms with van der Waals surface area (Å²) in [5, 5.41) is 2.97. The third kappa shape index (κ3) is 2.52. The van der Waals surface area contributed by atoms with Crippen LogP contribution in [0.2, 0.25) is 0 Å². The number of nitrogens with one attached hydrogen (secondary N) is 1. The topological polar surface area (TPSA) is 66.5 Å². The number of aryl methyl sites for hydroxylation is 1. The first-order valence-electron chi connectivity index (χ1n) is 11.0. The van der Waals surface area contributed by atoms with Crippen LogP contribution in [0.25, 0.3) is 0 Å². The summed E-state index contributed by atoms with van der Waals surface area (Å²) >= 11 is 0. The lowest BCUT2D eigenvalue weighted by Crippen LogP contribution is -2.40. The van der Waals surface area contributed by atoms with Crippen LogP contribution in [-0.4, -0.2) is 17.7 Å². The van der Waals surface area contributed by atoms with Crippen molar-refractivity contribution in [3.63, 3.8) is 0 Å². The Balaban J connectivity index is 1.35. The van der Waals surface area contributed by atoms with Crippen molar-refractivity contribution in [1.29, 1.82) is 0 Å². The summed E-state index contributed by atoms with van der Waals surface area (Å²) in [6.07, 6.45) is 5.45. The molecule has 6 atom stereocenters. The molecule has 1 N–H and O–H groups in total. The summed E-state index contributed by atoms with van der Waals surface area (Å²) in [4.78, 5) is 41.5. The highest BCUT2D eigenvalue weighted by atomic mass is 16.2. The van der Waals surface area contributed by atoms with Gasteiger partial charge in [-0.25, -0.2) is 4.90 Å². The molecule has 3 fully saturated rings. The third-order valence-corrected chi connectivity index (χ3v) is 7.91. The van der Waals surface area contributed by atoms with Gasteiger partial charge in [0.25, 0.3) is 5.91 Å². The maximum Gasteiger partial charge on any atom is 0.257 e. The first-order valence-corrected chi connectivity index (χ1v) is 11.0. The van der Waals surface area contributed by atoms with Crippen molar-refractivity contribution in [3.05, 3.63) is 71.3 Å². The van der Waals surface area contributed by atoms with Gasteiger partial charge in [-0.3, -0.25) is 14.4 Å². The second kappa shape index (κ2) is 6.39. The molecule has 3 amide bonds. The highest BCUT2D eigenvalue weighted by molar-refractivity contribution is 6.25. The zero-order chi connectivity index (χ0) is 21.4. The molecule has 0 radical (unpaired) electrons.